The third kappa shape index (κ3) is 18.5. The summed E-state index contributed by atoms with van der Waals surface area (Å²) in [6.07, 6.45) is -1.21. The number of aliphatic hydroxyl groups excluding tert-OH is 1. The molecule has 0 radical (unpaired) electrons. The highest BCUT2D eigenvalue weighted by atomic mass is 16.4. The minimum Gasteiger partial charge on any atom is -0.481 e. The van der Waals surface area contributed by atoms with Crippen LogP contribution < -0.4 is 54.4 Å². The molecule has 0 spiro atoms. The number of carbonyl (C=O) groups excluding carboxylic acids is 9. The number of rotatable bonds is 27. The predicted octanol–water partition coefficient (Wildman–Crippen LogP) is -7.60. The second-order valence-electron chi connectivity index (χ2n) is 13.9. The van der Waals surface area contributed by atoms with Crippen molar-refractivity contribution in [3.8, 4) is 0 Å². The van der Waals surface area contributed by atoms with Gasteiger partial charge in [0.2, 0.25) is 53.2 Å². The molecule has 0 aliphatic carbocycles. The molecule has 0 aromatic heterocycles. The van der Waals surface area contributed by atoms with E-state index in [0.29, 0.717) is 19.4 Å². The van der Waals surface area contributed by atoms with E-state index >= 15 is 0 Å². The minimum atomic E-state index is -1.87. The first-order valence-corrected chi connectivity index (χ1v) is 18.9. The molecule has 0 bridgehead atoms. The number of carboxylic acids is 3. The third-order valence-corrected chi connectivity index (χ3v) is 8.95. The van der Waals surface area contributed by atoms with Gasteiger partial charge in [-0.3, -0.25) is 52.7 Å². The first kappa shape index (κ1) is 52.5. The van der Waals surface area contributed by atoms with Crippen LogP contribution in [0.2, 0.25) is 0 Å². The molecule has 9 amide bonds. The second kappa shape index (κ2) is 25.9. The van der Waals surface area contributed by atoms with Crippen LogP contribution in [-0.2, 0) is 57.5 Å². The van der Waals surface area contributed by atoms with Crippen LogP contribution in [0.15, 0.2) is 0 Å². The van der Waals surface area contributed by atoms with Gasteiger partial charge in [-0.05, 0) is 52.5 Å². The Balaban J connectivity index is 2.92. The maximum Gasteiger partial charge on any atom is 0.326 e. The van der Waals surface area contributed by atoms with Gasteiger partial charge < -0.3 is 79.7 Å². The Bertz CT molecular complexity index is 1660. The molecule has 27 heteroatoms. The van der Waals surface area contributed by atoms with Gasteiger partial charge in [0.1, 0.15) is 42.3 Å². The van der Waals surface area contributed by atoms with Crippen LogP contribution in [0.25, 0.3) is 0 Å². The van der Waals surface area contributed by atoms with Crippen molar-refractivity contribution in [1.82, 2.24) is 42.1 Å². The van der Waals surface area contributed by atoms with Crippen molar-refractivity contribution in [2.75, 3.05) is 26.2 Å². The van der Waals surface area contributed by atoms with E-state index in [4.69, 9.17) is 22.3 Å². The topological polar surface area (TPSA) is 451 Å². The van der Waals surface area contributed by atoms with E-state index < -0.39 is 152 Å². The van der Waals surface area contributed by atoms with Crippen LogP contribution in [0.1, 0.15) is 65.2 Å². The molecule has 1 saturated heterocycles. The number of carbonyl (C=O) groups is 12. The smallest absolute Gasteiger partial charge is 0.326 e. The number of primary amides is 1. The number of nitrogens with one attached hydrogen (secondary N) is 7. The molecule has 1 heterocycles. The average Bonchev–Trinajstić information content (AvgIpc) is 3.67. The average molecular weight is 874 g/mol. The van der Waals surface area contributed by atoms with Crippen LogP contribution in [-0.4, -0.2) is 171 Å². The van der Waals surface area contributed by atoms with E-state index in [1.54, 1.807) is 0 Å². The quantitative estimate of drug-likeness (QED) is 0.0341. The van der Waals surface area contributed by atoms with Gasteiger partial charge in [-0.1, -0.05) is 0 Å². The summed E-state index contributed by atoms with van der Waals surface area (Å²) in [6, 6.07) is -12.1. The lowest BCUT2D eigenvalue weighted by atomic mass is 10.1. The molecule has 1 aliphatic heterocycles. The van der Waals surface area contributed by atoms with E-state index in [2.05, 4.69) is 31.9 Å². The molecule has 1 fully saturated rings. The highest BCUT2D eigenvalue weighted by Crippen LogP contribution is 2.18. The summed E-state index contributed by atoms with van der Waals surface area (Å²) >= 11 is 0. The van der Waals surface area contributed by atoms with E-state index in [9.17, 15) is 72.9 Å². The zero-order valence-corrected chi connectivity index (χ0v) is 33.5. The van der Waals surface area contributed by atoms with Crippen molar-refractivity contribution in [3.63, 3.8) is 0 Å². The number of hydrogen-bond acceptors (Lipinski definition) is 15. The summed E-state index contributed by atoms with van der Waals surface area (Å²) in [6.45, 7) is 0.781. The van der Waals surface area contributed by atoms with E-state index in [1.807, 2.05) is 5.32 Å². The Morgan fingerprint density at radius 1 is 0.656 bits per heavy atom. The Labute approximate surface area is 348 Å². The fourth-order valence-electron chi connectivity index (χ4n) is 5.64. The number of unbranched alkanes of at least 4 members (excludes halogenated alkanes) is 1. The maximum atomic E-state index is 13.3. The predicted molar refractivity (Wildman–Crippen MR) is 205 cm³/mol. The van der Waals surface area contributed by atoms with Gasteiger partial charge in [0.05, 0.1) is 38.5 Å². The second-order valence-corrected chi connectivity index (χ2v) is 13.9. The lowest BCUT2D eigenvalue weighted by Gasteiger charge is -2.27. The number of amides is 9. The number of aliphatic hydroxyl groups is 1. The molecule has 342 valence electrons. The van der Waals surface area contributed by atoms with Crippen molar-refractivity contribution < 1.29 is 78.0 Å². The van der Waals surface area contributed by atoms with E-state index in [0.717, 1.165) is 11.8 Å². The Morgan fingerprint density at radius 2 is 1.18 bits per heavy atom. The van der Waals surface area contributed by atoms with Crippen molar-refractivity contribution in [2.45, 2.75) is 114 Å². The van der Waals surface area contributed by atoms with Gasteiger partial charge in [0, 0.05) is 6.54 Å². The number of hydrogen-bond donors (Lipinski definition) is 14. The lowest BCUT2D eigenvalue weighted by Crippen LogP contribution is -2.59. The summed E-state index contributed by atoms with van der Waals surface area (Å²) in [5.74, 6) is -13.6. The molecule has 0 aromatic rings. The zero-order chi connectivity index (χ0) is 46.6. The fourth-order valence-corrected chi connectivity index (χ4v) is 5.64. The van der Waals surface area contributed by atoms with Crippen LogP contribution >= 0.6 is 0 Å². The first-order valence-electron chi connectivity index (χ1n) is 18.9. The zero-order valence-electron chi connectivity index (χ0n) is 33.5. The first-order chi connectivity index (χ1) is 28.5. The monoisotopic (exact) mass is 873 g/mol. The summed E-state index contributed by atoms with van der Waals surface area (Å²) in [4.78, 5) is 150. The summed E-state index contributed by atoms with van der Waals surface area (Å²) < 4.78 is 0. The van der Waals surface area contributed by atoms with Crippen molar-refractivity contribution in [3.05, 3.63) is 0 Å². The molecule has 0 aromatic carbocycles. The Hall–Kier alpha value is -6.48. The molecule has 8 atom stereocenters. The number of likely N-dealkylation sites (tertiary alicyclic amines) is 1. The molecular formula is C34H55N11O16. The normalized spacial score (nSPS) is 16.7. The van der Waals surface area contributed by atoms with E-state index in [1.165, 1.54) is 6.92 Å². The highest BCUT2D eigenvalue weighted by molar-refractivity contribution is 5.99. The van der Waals surface area contributed by atoms with E-state index in [-0.39, 0.29) is 25.8 Å². The Kier molecular flexibility index (Phi) is 22.3. The standard InChI is InChI=1S/C34H55N11O16/c1-15(39-29(55)17(36)10-25(49)50)28(54)42-20(12-26(51)52)32(58)44-21(14-46)30(56)38-13-24(48)45-9-5-7-22(45)33(59)43-19(11-23(37)47)31(57)40-16(2)27(53)41-18(34(60)61)6-3-4-8-35/h15-22,46H,3-14,35-36H2,1-2H3,(H2,37,47)(H,38,56)(H,39,55)(H,40,57)(H,41,53)(H,42,54)(H,43,59)(H,44,58)(H,49,50)(H,51,52)(H,60,61)/t15-,16-,17-,18-,19-,20-,21-,22-/m0/s1. The number of carboxylic acid groups (broad SMARTS) is 3. The van der Waals surface area contributed by atoms with Gasteiger partial charge in [-0.25, -0.2) is 4.79 Å². The lowest BCUT2D eigenvalue weighted by molar-refractivity contribution is -0.143. The number of nitrogens with two attached hydrogens (primary N) is 3. The van der Waals surface area contributed by atoms with Crippen LogP contribution in [0.5, 0.6) is 0 Å². The highest BCUT2D eigenvalue weighted by Gasteiger charge is 2.37. The minimum absolute atomic E-state index is 0.00614. The molecule has 1 rings (SSSR count). The van der Waals surface area contributed by atoms with Gasteiger partial charge in [0.15, 0.2) is 0 Å². The van der Waals surface area contributed by atoms with Gasteiger partial charge in [0.25, 0.3) is 0 Å². The summed E-state index contributed by atoms with van der Waals surface area (Å²) in [7, 11) is 0. The van der Waals surface area contributed by atoms with Crippen LogP contribution in [0.4, 0.5) is 0 Å². The van der Waals surface area contributed by atoms with Crippen LogP contribution in [0, 0.1) is 0 Å². The molecule has 0 unspecified atom stereocenters. The molecule has 27 nitrogen and oxygen atoms in total. The fraction of sp³-hybridized carbons (Fsp3) is 0.647. The molecule has 1 aliphatic rings. The SMILES string of the molecule is C[C@H](NC(=O)[C@H](CC(N)=O)NC(=O)[C@@H]1CCCN1C(=O)CNC(=O)[C@H](CO)NC(=O)[C@H](CC(=O)O)NC(=O)[C@H](C)NC(=O)[C@@H](N)CC(=O)O)C(=O)N[C@@H](CCCCN)C(=O)O. The molecule has 61 heavy (non-hydrogen) atoms. The number of nitrogens with zero attached hydrogens (tertiary/aromatic N) is 1. The molecular weight excluding hydrogens is 818 g/mol. The Morgan fingerprint density at radius 3 is 1.70 bits per heavy atom. The van der Waals surface area contributed by atoms with Gasteiger partial charge in [-0.15, -0.1) is 0 Å². The van der Waals surface area contributed by atoms with Gasteiger partial charge >= 0.3 is 17.9 Å². The third-order valence-electron chi connectivity index (χ3n) is 8.95. The molecule has 0 saturated carbocycles. The van der Waals surface area contributed by atoms with Gasteiger partial charge in [-0.2, -0.15) is 0 Å². The largest absolute Gasteiger partial charge is 0.481 e. The van der Waals surface area contributed by atoms with Crippen molar-refractivity contribution in [1.29, 1.82) is 0 Å². The van der Waals surface area contributed by atoms with Crippen LogP contribution in [0.3, 0.4) is 0 Å². The summed E-state index contributed by atoms with van der Waals surface area (Å²) in [5.41, 5.74) is 16.1. The molecule has 17 N–H and O–H groups in total. The maximum absolute atomic E-state index is 13.3. The van der Waals surface area contributed by atoms with Crippen molar-refractivity contribution >= 4 is 71.1 Å². The number of aliphatic carboxylic acids is 3. The van der Waals surface area contributed by atoms with Crippen molar-refractivity contribution in [2.24, 2.45) is 17.2 Å². The summed E-state index contributed by atoms with van der Waals surface area (Å²) in [5, 5.41) is 52.6.